The van der Waals surface area contributed by atoms with Crippen LogP contribution in [-0.2, 0) is 11.3 Å². The number of aromatic nitrogens is 2. The first-order chi connectivity index (χ1) is 10.3. The van der Waals surface area contributed by atoms with Gasteiger partial charge in [-0.3, -0.25) is 4.68 Å². The Hall–Kier alpha value is -2.40. The Balaban J connectivity index is 1.98. The van der Waals surface area contributed by atoms with Crippen LogP contribution < -0.4 is 0 Å². The van der Waals surface area contributed by atoms with Crippen LogP contribution in [0, 0.1) is 0 Å². The van der Waals surface area contributed by atoms with E-state index < -0.39 is 0 Å². The largest absolute Gasteiger partial charge is 0.465 e. The summed E-state index contributed by atoms with van der Waals surface area (Å²) >= 11 is 1.55. The molecule has 0 saturated carbocycles. The minimum atomic E-state index is -0.363. The van der Waals surface area contributed by atoms with Crippen LogP contribution in [-0.4, -0.2) is 22.9 Å². The lowest BCUT2D eigenvalue weighted by molar-refractivity contribution is 0.0601. The fourth-order valence-electron chi connectivity index (χ4n) is 2.13. The van der Waals surface area contributed by atoms with Gasteiger partial charge in [-0.05, 0) is 17.0 Å². The SMILES string of the molecule is COC(=O)c1cn(Cc2ccccc2)nc1-c1cccs1. The van der Waals surface area contributed by atoms with Crippen LogP contribution in [0.4, 0.5) is 0 Å². The van der Waals surface area contributed by atoms with Crippen LogP contribution in [0.15, 0.2) is 54.0 Å². The van der Waals surface area contributed by atoms with E-state index in [0.717, 1.165) is 10.4 Å². The molecule has 4 nitrogen and oxygen atoms in total. The van der Waals surface area contributed by atoms with Crippen molar-refractivity contribution in [2.24, 2.45) is 0 Å². The molecule has 2 aromatic heterocycles. The van der Waals surface area contributed by atoms with Crippen molar-refractivity contribution in [2.45, 2.75) is 6.54 Å². The molecule has 1 aromatic carbocycles. The van der Waals surface area contributed by atoms with E-state index in [-0.39, 0.29) is 5.97 Å². The van der Waals surface area contributed by atoms with E-state index in [0.29, 0.717) is 17.8 Å². The van der Waals surface area contributed by atoms with Crippen molar-refractivity contribution in [1.82, 2.24) is 9.78 Å². The van der Waals surface area contributed by atoms with E-state index in [2.05, 4.69) is 5.10 Å². The number of benzene rings is 1. The molecule has 21 heavy (non-hydrogen) atoms. The molecule has 0 aliphatic rings. The highest BCUT2D eigenvalue weighted by molar-refractivity contribution is 7.13. The number of carbonyl (C=O) groups is 1. The highest BCUT2D eigenvalue weighted by Gasteiger charge is 2.19. The molecule has 3 rings (SSSR count). The summed E-state index contributed by atoms with van der Waals surface area (Å²) in [6, 6.07) is 13.9. The monoisotopic (exact) mass is 298 g/mol. The van der Waals surface area contributed by atoms with E-state index in [1.165, 1.54) is 7.11 Å². The van der Waals surface area contributed by atoms with E-state index >= 15 is 0 Å². The minimum absolute atomic E-state index is 0.363. The molecule has 2 heterocycles. The van der Waals surface area contributed by atoms with Gasteiger partial charge in [0, 0.05) is 6.20 Å². The summed E-state index contributed by atoms with van der Waals surface area (Å²) < 4.78 is 6.63. The summed E-state index contributed by atoms with van der Waals surface area (Å²) in [6.07, 6.45) is 1.74. The third kappa shape index (κ3) is 2.87. The molecule has 0 aliphatic carbocycles. The van der Waals surface area contributed by atoms with Gasteiger partial charge in [0.1, 0.15) is 11.3 Å². The van der Waals surface area contributed by atoms with Gasteiger partial charge in [0.15, 0.2) is 0 Å². The lowest BCUT2D eigenvalue weighted by Gasteiger charge is -2.00. The molecule has 0 atom stereocenters. The number of hydrogen-bond donors (Lipinski definition) is 0. The van der Waals surface area contributed by atoms with Crippen molar-refractivity contribution in [3.63, 3.8) is 0 Å². The summed E-state index contributed by atoms with van der Waals surface area (Å²) in [5, 5.41) is 6.51. The van der Waals surface area contributed by atoms with Gasteiger partial charge in [-0.2, -0.15) is 5.10 Å². The van der Waals surface area contributed by atoms with E-state index in [1.807, 2.05) is 47.8 Å². The number of methoxy groups -OCH3 is 1. The second-order valence-electron chi connectivity index (χ2n) is 4.54. The first-order valence-corrected chi connectivity index (χ1v) is 7.39. The Morgan fingerprint density at radius 3 is 2.71 bits per heavy atom. The molecule has 3 aromatic rings. The number of thiophene rings is 1. The Bertz CT molecular complexity index is 733. The quantitative estimate of drug-likeness (QED) is 0.693. The molecule has 0 unspecified atom stereocenters. The van der Waals surface area contributed by atoms with Gasteiger partial charge in [0.05, 0.1) is 18.5 Å². The van der Waals surface area contributed by atoms with Crippen LogP contribution in [0.2, 0.25) is 0 Å². The lowest BCUT2D eigenvalue weighted by atomic mass is 10.2. The van der Waals surface area contributed by atoms with Crippen LogP contribution in [0.3, 0.4) is 0 Å². The van der Waals surface area contributed by atoms with Crippen LogP contribution in [0.5, 0.6) is 0 Å². The summed E-state index contributed by atoms with van der Waals surface area (Å²) in [4.78, 5) is 12.9. The predicted molar refractivity (Wildman–Crippen MR) is 82.4 cm³/mol. The zero-order valence-electron chi connectivity index (χ0n) is 11.5. The molecule has 0 spiro atoms. The normalized spacial score (nSPS) is 10.5. The second-order valence-corrected chi connectivity index (χ2v) is 5.49. The fourth-order valence-corrected chi connectivity index (χ4v) is 2.85. The average molecular weight is 298 g/mol. The number of hydrogen-bond acceptors (Lipinski definition) is 4. The van der Waals surface area contributed by atoms with Crippen molar-refractivity contribution >= 4 is 17.3 Å². The van der Waals surface area contributed by atoms with Gasteiger partial charge in [-0.25, -0.2) is 4.79 Å². The predicted octanol–water partition coefficient (Wildman–Crippen LogP) is 3.45. The highest BCUT2D eigenvalue weighted by Crippen LogP contribution is 2.27. The molecule has 0 N–H and O–H groups in total. The maximum Gasteiger partial charge on any atom is 0.341 e. The third-order valence-electron chi connectivity index (χ3n) is 3.11. The second kappa shape index (κ2) is 5.93. The number of nitrogens with zero attached hydrogens (tertiary/aromatic N) is 2. The van der Waals surface area contributed by atoms with Crippen LogP contribution in [0.25, 0.3) is 10.6 Å². The number of esters is 1. The van der Waals surface area contributed by atoms with Crippen molar-refractivity contribution in [1.29, 1.82) is 0 Å². The van der Waals surface area contributed by atoms with E-state index in [4.69, 9.17) is 4.74 Å². The summed E-state index contributed by atoms with van der Waals surface area (Å²) in [5.41, 5.74) is 2.30. The molecular formula is C16H14N2O2S. The standard InChI is InChI=1S/C16H14N2O2S/c1-20-16(19)13-11-18(10-12-6-3-2-4-7-12)17-15(13)14-8-5-9-21-14/h2-9,11H,10H2,1H3. The summed E-state index contributed by atoms with van der Waals surface area (Å²) in [7, 11) is 1.38. The minimum Gasteiger partial charge on any atom is -0.465 e. The smallest absolute Gasteiger partial charge is 0.341 e. The Morgan fingerprint density at radius 2 is 2.05 bits per heavy atom. The molecule has 5 heteroatoms. The maximum atomic E-state index is 11.9. The number of rotatable bonds is 4. The first-order valence-electron chi connectivity index (χ1n) is 6.51. The molecule has 0 radical (unpaired) electrons. The molecule has 0 amide bonds. The van der Waals surface area contributed by atoms with Gasteiger partial charge >= 0.3 is 5.97 Å². The maximum absolute atomic E-state index is 11.9. The fraction of sp³-hybridized carbons (Fsp3) is 0.125. The molecule has 0 bridgehead atoms. The molecule has 0 saturated heterocycles. The lowest BCUT2D eigenvalue weighted by Crippen LogP contribution is -2.01. The van der Waals surface area contributed by atoms with E-state index in [9.17, 15) is 4.79 Å². The van der Waals surface area contributed by atoms with Gasteiger partial charge in [-0.15, -0.1) is 11.3 Å². The zero-order valence-corrected chi connectivity index (χ0v) is 12.3. The Morgan fingerprint density at radius 1 is 1.24 bits per heavy atom. The molecular weight excluding hydrogens is 284 g/mol. The Kier molecular flexibility index (Phi) is 3.83. The van der Waals surface area contributed by atoms with Gasteiger partial charge in [0.25, 0.3) is 0 Å². The van der Waals surface area contributed by atoms with Gasteiger partial charge in [0.2, 0.25) is 0 Å². The van der Waals surface area contributed by atoms with Crippen molar-refractivity contribution in [2.75, 3.05) is 7.11 Å². The van der Waals surface area contributed by atoms with Crippen molar-refractivity contribution in [3.8, 4) is 10.6 Å². The average Bonchev–Trinajstić information content (AvgIpc) is 3.16. The number of ether oxygens (including phenoxy) is 1. The summed E-state index contributed by atoms with van der Waals surface area (Å²) in [6.45, 7) is 0.621. The molecule has 106 valence electrons. The van der Waals surface area contributed by atoms with E-state index in [1.54, 1.807) is 22.2 Å². The van der Waals surface area contributed by atoms with Crippen LogP contribution in [0.1, 0.15) is 15.9 Å². The highest BCUT2D eigenvalue weighted by atomic mass is 32.1. The zero-order chi connectivity index (χ0) is 14.7. The van der Waals surface area contributed by atoms with Crippen molar-refractivity contribution < 1.29 is 9.53 Å². The third-order valence-corrected chi connectivity index (χ3v) is 3.99. The Labute approximate surface area is 126 Å². The molecule has 0 fully saturated rings. The first kappa shape index (κ1) is 13.6. The topological polar surface area (TPSA) is 44.1 Å². The van der Waals surface area contributed by atoms with Gasteiger partial charge < -0.3 is 4.74 Å². The van der Waals surface area contributed by atoms with Crippen molar-refractivity contribution in [3.05, 3.63) is 65.2 Å². The number of carbonyl (C=O) groups excluding carboxylic acids is 1. The van der Waals surface area contributed by atoms with Gasteiger partial charge in [-0.1, -0.05) is 36.4 Å². The van der Waals surface area contributed by atoms with Crippen LogP contribution >= 0.6 is 11.3 Å². The summed E-state index contributed by atoms with van der Waals surface area (Å²) in [5.74, 6) is -0.363. The molecule has 0 aliphatic heterocycles.